The zero-order valence-electron chi connectivity index (χ0n) is 16.0. The predicted molar refractivity (Wildman–Crippen MR) is 108 cm³/mol. The zero-order chi connectivity index (χ0) is 19.3. The third-order valence-electron chi connectivity index (χ3n) is 5.11. The summed E-state index contributed by atoms with van der Waals surface area (Å²) in [4.78, 5) is 19.3. The van der Waals surface area contributed by atoms with Crippen LogP contribution in [0.2, 0.25) is 0 Å². The molecule has 3 aromatic rings. The van der Waals surface area contributed by atoms with E-state index in [0.29, 0.717) is 18.3 Å². The second kappa shape index (κ2) is 8.25. The van der Waals surface area contributed by atoms with Crippen molar-refractivity contribution in [2.24, 2.45) is 0 Å². The van der Waals surface area contributed by atoms with E-state index in [4.69, 9.17) is 4.52 Å². The molecule has 0 spiro atoms. The molecular weight excluding hydrogens is 352 g/mol. The maximum Gasteiger partial charge on any atom is 0.322 e. The second-order valence-electron chi connectivity index (χ2n) is 7.01. The van der Waals surface area contributed by atoms with Gasteiger partial charge in [-0.05, 0) is 43.4 Å². The van der Waals surface area contributed by atoms with Crippen molar-refractivity contribution in [2.75, 3.05) is 11.9 Å². The highest BCUT2D eigenvalue weighted by Gasteiger charge is 2.32. The van der Waals surface area contributed by atoms with Crippen LogP contribution in [0.4, 0.5) is 10.5 Å². The largest absolute Gasteiger partial charge is 0.337 e. The Labute approximate surface area is 164 Å². The first-order valence-electron chi connectivity index (χ1n) is 9.80. The first-order valence-corrected chi connectivity index (χ1v) is 9.80. The summed E-state index contributed by atoms with van der Waals surface area (Å²) in [6.45, 7) is 2.77. The summed E-state index contributed by atoms with van der Waals surface area (Å²) in [5, 5.41) is 7.14. The van der Waals surface area contributed by atoms with Gasteiger partial charge < -0.3 is 14.7 Å². The standard InChI is InChI=1S/C22H24N4O2/c1-2-16-9-8-12-18(15-16)23-22(27)26-14-7-6-13-19(26)21-24-20(25-28-21)17-10-4-3-5-11-17/h3-5,8-12,15,19H,2,6-7,13-14H2,1H3,(H,23,27)/t19-/m0/s1. The Morgan fingerprint density at radius 2 is 2.04 bits per heavy atom. The highest BCUT2D eigenvalue weighted by molar-refractivity contribution is 5.89. The van der Waals surface area contributed by atoms with Gasteiger partial charge in [-0.3, -0.25) is 0 Å². The van der Waals surface area contributed by atoms with E-state index in [0.717, 1.165) is 36.9 Å². The first kappa shape index (κ1) is 18.2. The molecular formula is C22H24N4O2. The summed E-state index contributed by atoms with van der Waals surface area (Å²) in [7, 11) is 0. The molecule has 0 aliphatic carbocycles. The molecule has 1 aliphatic heterocycles. The van der Waals surface area contributed by atoms with E-state index in [1.807, 2.05) is 53.4 Å². The van der Waals surface area contributed by atoms with Crippen molar-refractivity contribution in [3.63, 3.8) is 0 Å². The van der Waals surface area contributed by atoms with Crippen molar-refractivity contribution >= 4 is 11.7 Å². The number of anilines is 1. The van der Waals surface area contributed by atoms with Crippen LogP contribution in [0.1, 0.15) is 43.7 Å². The van der Waals surface area contributed by atoms with E-state index in [-0.39, 0.29) is 12.1 Å². The number of carbonyl (C=O) groups is 1. The summed E-state index contributed by atoms with van der Waals surface area (Å²) < 4.78 is 5.54. The average Bonchev–Trinajstić information content (AvgIpc) is 3.25. The monoisotopic (exact) mass is 376 g/mol. The molecule has 6 nitrogen and oxygen atoms in total. The SMILES string of the molecule is CCc1cccc(NC(=O)N2CCCC[C@H]2c2nc(-c3ccccc3)no2)c1. The van der Waals surface area contributed by atoms with Crippen LogP contribution in [0.25, 0.3) is 11.4 Å². The van der Waals surface area contributed by atoms with Crippen LogP contribution in [-0.4, -0.2) is 27.6 Å². The maximum absolute atomic E-state index is 13.0. The number of benzene rings is 2. The molecule has 6 heteroatoms. The minimum absolute atomic E-state index is 0.127. The van der Waals surface area contributed by atoms with Gasteiger partial charge >= 0.3 is 6.03 Å². The molecule has 0 saturated carbocycles. The van der Waals surface area contributed by atoms with E-state index in [1.165, 1.54) is 5.56 Å². The summed E-state index contributed by atoms with van der Waals surface area (Å²) in [6, 6.07) is 17.3. The smallest absolute Gasteiger partial charge is 0.322 e. The highest BCUT2D eigenvalue weighted by atomic mass is 16.5. The lowest BCUT2D eigenvalue weighted by Gasteiger charge is -2.33. The van der Waals surface area contributed by atoms with Crippen LogP contribution in [-0.2, 0) is 6.42 Å². The summed E-state index contributed by atoms with van der Waals surface area (Å²) in [5.41, 5.74) is 2.90. The fourth-order valence-electron chi connectivity index (χ4n) is 3.57. The lowest BCUT2D eigenvalue weighted by atomic mass is 10.0. The highest BCUT2D eigenvalue weighted by Crippen LogP contribution is 2.31. The Morgan fingerprint density at radius 1 is 1.18 bits per heavy atom. The quantitative estimate of drug-likeness (QED) is 0.691. The molecule has 1 aliphatic rings. The number of nitrogens with zero attached hydrogens (tertiary/aromatic N) is 3. The second-order valence-corrected chi connectivity index (χ2v) is 7.01. The molecule has 1 aromatic heterocycles. The van der Waals surface area contributed by atoms with E-state index in [9.17, 15) is 4.79 Å². The fourth-order valence-corrected chi connectivity index (χ4v) is 3.57. The molecule has 4 rings (SSSR count). The third-order valence-corrected chi connectivity index (χ3v) is 5.11. The normalized spacial score (nSPS) is 16.8. The first-order chi connectivity index (χ1) is 13.7. The van der Waals surface area contributed by atoms with Gasteiger partial charge in [0, 0.05) is 17.8 Å². The number of likely N-dealkylation sites (tertiary alicyclic amines) is 1. The van der Waals surface area contributed by atoms with Crippen LogP contribution >= 0.6 is 0 Å². The molecule has 0 unspecified atom stereocenters. The number of hydrogen-bond acceptors (Lipinski definition) is 4. The van der Waals surface area contributed by atoms with Crippen LogP contribution in [0.3, 0.4) is 0 Å². The van der Waals surface area contributed by atoms with E-state index < -0.39 is 0 Å². The number of piperidine rings is 1. The molecule has 1 fully saturated rings. The number of aromatic nitrogens is 2. The zero-order valence-corrected chi connectivity index (χ0v) is 16.0. The number of rotatable bonds is 4. The Kier molecular flexibility index (Phi) is 5.37. The minimum atomic E-state index is -0.201. The number of aryl methyl sites for hydroxylation is 1. The molecule has 0 bridgehead atoms. The fraction of sp³-hybridized carbons (Fsp3) is 0.318. The maximum atomic E-state index is 13.0. The topological polar surface area (TPSA) is 71.3 Å². The molecule has 0 radical (unpaired) electrons. The number of urea groups is 1. The Balaban J connectivity index is 1.53. The number of hydrogen-bond donors (Lipinski definition) is 1. The van der Waals surface area contributed by atoms with E-state index in [1.54, 1.807) is 0 Å². The third kappa shape index (κ3) is 3.91. The molecule has 2 amide bonds. The van der Waals surface area contributed by atoms with Gasteiger partial charge in [0.15, 0.2) is 0 Å². The van der Waals surface area contributed by atoms with Crippen molar-refractivity contribution in [1.82, 2.24) is 15.0 Å². The van der Waals surface area contributed by atoms with Crippen LogP contribution in [0.5, 0.6) is 0 Å². The summed E-state index contributed by atoms with van der Waals surface area (Å²) >= 11 is 0. The molecule has 1 saturated heterocycles. The van der Waals surface area contributed by atoms with Gasteiger partial charge in [0.25, 0.3) is 0 Å². The van der Waals surface area contributed by atoms with E-state index >= 15 is 0 Å². The van der Waals surface area contributed by atoms with Crippen LogP contribution < -0.4 is 5.32 Å². The van der Waals surface area contributed by atoms with Gasteiger partial charge in [-0.2, -0.15) is 4.98 Å². The van der Waals surface area contributed by atoms with Gasteiger partial charge in [0.2, 0.25) is 11.7 Å². The van der Waals surface area contributed by atoms with Gasteiger partial charge in [0.1, 0.15) is 6.04 Å². The van der Waals surface area contributed by atoms with Gasteiger partial charge in [-0.25, -0.2) is 4.79 Å². The van der Waals surface area contributed by atoms with Crippen molar-refractivity contribution in [2.45, 2.75) is 38.6 Å². The molecule has 2 heterocycles. The molecule has 2 aromatic carbocycles. The molecule has 1 atom stereocenters. The summed E-state index contributed by atoms with van der Waals surface area (Å²) in [5.74, 6) is 1.05. The minimum Gasteiger partial charge on any atom is -0.337 e. The Morgan fingerprint density at radius 3 is 2.86 bits per heavy atom. The van der Waals surface area contributed by atoms with Crippen molar-refractivity contribution < 1.29 is 9.32 Å². The number of amides is 2. The molecule has 28 heavy (non-hydrogen) atoms. The van der Waals surface area contributed by atoms with E-state index in [2.05, 4.69) is 28.4 Å². The average molecular weight is 376 g/mol. The van der Waals surface area contributed by atoms with Crippen LogP contribution in [0, 0.1) is 0 Å². The van der Waals surface area contributed by atoms with Gasteiger partial charge in [0.05, 0.1) is 0 Å². The molecule has 144 valence electrons. The predicted octanol–water partition coefficient (Wildman–Crippen LogP) is 5.06. The van der Waals surface area contributed by atoms with Crippen LogP contribution in [0.15, 0.2) is 59.1 Å². The number of carbonyl (C=O) groups excluding carboxylic acids is 1. The van der Waals surface area contributed by atoms with Crippen molar-refractivity contribution in [3.8, 4) is 11.4 Å². The lowest BCUT2D eigenvalue weighted by Crippen LogP contribution is -2.41. The van der Waals surface area contributed by atoms with Gasteiger partial charge in [-0.15, -0.1) is 0 Å². The van der Waals surface area contributed by atoms with Gasteiger partial charge in [-0.1, -0.05) is 54.5 Å². The number of nitrogens with one attached hydrogen (secondary N) is 1. The Bertz CT molecular complexity index is 938. The Hall–Kier alpha value is -3.15. The lowest BCUT2D eigenvalue weighted by molar-refractivity contribution is 0.142. The summed E-state index contributed by atoms with van der Waals surface area (Å²) in [6.07, 6.45) is 3.75. The van der Waals surface area contributed by atoms with Crippen molar-refractivity contribution in [1.29, 1.82) is 0 Å². The molecule has 1 N–H and O–H groups in total. The van der Waals surface area contributed by atoms with Crippen molar-refractivity contribution in [3.05, 3.63) is 66.1 Å².